The molecule has 1 N–H and O–H groups in total. The largest absolute Gasteiger partial charge is 0.466 e. The van der Waals surface area contributed by atoms with E-state index in [9.17, 15) is 50.4 Å². The minimum atomic E-state index is -5.11. The summed E-state index contributed by atoms with van der Waals surface area (Å²) in [5.41, 5.74) is -4.41. The lowest BCUT2D eigenvalue weighted by molar-refractivity contribution is -0.148. The van der Waals surface area contributed by atoms with Gasteiger partial charge in [-0.1, -0.05) is 6.07 Å². The van der Waals surface area contributed by atoms with E-state index in [2.05, 4.69) is 11.4 Å². The molecule has 3 aromatic rings. The van der Waals surface area contributed by atoms with Crippen LogP contribution in [0.15, 0.2) is 36.4 Å². The number of ketones is 1. The first kappa shape index (κ1) is 36.4. The number of amides is 1. The predicted molar refractivity (Wildman–Crippen MR) is 162 cm³/mol. The van der Waals surface area contributed by atoms with Crippen molar-refractivity contribution >= 4 is 34.7 Å². The molecule has 2 heterocycles. The van der Waals surface area contributed by atoms with Gasteiger partial charge in [-0.3, -0.25) is 14.4 Å². The Balaban J connectivity index is 1.71. The molecule has 15 heteroatoms. The highest BCUT2D eigenvalue weighted by Gasteiger charge is 2.41. The number of benzene rings is 2. The van der Waals surface area contributed by atoms with Crippen molar-refractivity contribution in [2.75, 3.05) is 25.0 Å². The topological polar surface area (TPSA) is 99.5 Å². The van der Waals surface area contributed by atoms with Crippen LogP contribution in [-0.4, -0.2) is 42.3 Å². The van der Waals surface area contributed by atoms with Crippen LogP contribution in [0.5, 0.6) is 0 Å². The predicted octanol–water partition coefficient (Wildman–Crippen LogP) is 7.64. The van der Waals surface area contributed by atoms with Gasteiger partial charge in [-0.25, -0.2) is 4.39 Å². The summed E-state index contributed by atoms with van der Waals surface area (Å²) in [5.74, 6) is -2.91. The number of thiophene rings is 1. The SMILES string of the molecule is CCOC(=O)C1CC(=O)N(Cc2sc(-c3ccc(F)cc3C)c(NCC(=O)C(C)(C)c3cc(C(F)(F)F)cc(C(F)(F)F)c3)c2C#N)C1. The van der Waals surface area contributed by atoms with Crippen LogP contribution in [0.3, 0.4) is 0 Å². The zero-order valence-corrected chi connectivity index (χ0v) is 27.0. The zero-order chi connectivity index (χ0) is 35.8. The van der Waals surface area contributed by atoms with Crippen molar-refractivity contribution in [3.63, 3.8) is 0 Å². The van der Waals surface area contributed by atoms with Crippen molar-refractivity contribution in [1.82, 2.24) is 4.90 Å². The summed E-state index contributed by atoms with van der Waals surface area (Å²) in [6.07, 6.45) is -10.3. The van der Waals surface area contributed by atoms with E-state index in [-0.39, 0.29) is 49.3 Å². The van der Waals surface area contributed by atoms with E-state index in [1.165, 1.54) is 36.9 Å². The molecule has 0 bridgehead atoms. The summed E-state index contributed by atoms with van der Waals surface area (Å²) < 4.78 is 100. The second kappa shape index (κ2) is 13.6. The molecule has 1 aliphatic heterocycles. The van der Waals surface area contributed by atoms with Gasteiger partial charge in [0.1, 0.15) is 11.9 Å². The number of anilines is 1. The highest BCUT2D eigenvalue weighted by Crippen LogP contribution is 2.44. The standard InChI is InChI=1S/C33H30F7N3O4S/c1-5-47-30(46)18-9-27(45)43(15-18)16-25-24(13-41)28(29(48-25)23-7-6-22(34)8-17(23)2)42-14-26(44)31(3,4)19-10-20(32(35,36)37)12-21(11-19)33(38,39)40/h6-8,10-12,18,42H,5,9,14-16H2,1-4H3. The van der Waals surface area contributed by atoms with E-state index in [4.69, 9.17) is 4.74 Å². The van der Waals surface area contributed by atoms with E-state index in [1.54, 1.807) is 13.8 Å². The molecule has 0 aliphatic carbocycles. The molecule has 1 fully saturated rings. The fourth-order valence-corrected chi connectivity index (χ4v) is 6.66. The number of Topliss-reactive ketones (excluding diaryl/α,β-unsaturated/α-hetero) is 1. The molecule has 256 valence electrons. The van der Waals surface area contributed by atoms with Gasteiger partial charge in [0.05, 0.1) is 58.3 Å². The number of alkyl halides is 6. The average Bonchev–Trinajstić information content (AvgIpc) is 3.54. The fourth-order valence-electron chi connectivity index (χ4n) is 5.33. The quantitative estimate of drug-likeness (QED) is 0.173. The molecular weight excluding hydrogens is 667 g/mol. The number of ether oxygens (including phenoxy) is 1. The third kappa shape index (κ3) is 7.64. The minimum absolute atomic E-state index is 0.0221. The number of aryl methyl sites for hydroxylation is 1. The van der Waals surface area contributed by atoms with Crippen LogP contribution in [0.4, 0.5) is 36.4 Å². The second-order valence-electron chi connectivity index (χ2n) is 11.8. The summed E-state index contributed by atoms with van der Waals surface area (Å²) in [5, 5.41) is 13.1. The number of nitrogens with one attached hydrogen (secondary N) is 1. The lowest BCUT2D eigenvalue weighted by Crippen LogP contribution is -2.35. The second-order valence-corrected chi connectivity index (χ2v) is 12.9. The molecule has 1 unspecified atom stereocenters. The van der Waals surface area contributed by atoms with E-state index < -0.39 is 64.5 Å². The number of nitrogens with zero attached hydrogens (tertiary/aromatic N) is 2. The Morgan fingerprint density at radius 1 is 1.04 bits per heavy atom. The van der Waals surface area contributed by atoms with E-state index in [0.717, 1.165) is 11.3 Å². The maximum atomic E-state index is 14.0. The fraction of sp³-hybridized carbons (Fsp3) is 0.394. The lowest BCUT2D eigenvalue weighted by Gasteiger charge is -2.26. The van der Waals surface area contributed by atoms with Crippen molar-refractivity contribution in [2.45, 2.75) is 58.4 Å². The molecule has 1 amide bonds. The normalized spacial score (nSPS) is 15.4. The van der Waals surface area contributed by atoms with Gasteiger partial charge < -0.3 is 15.0 Å². The summed E-state index contributed by atoms with van der Waals surface area (Å²) in [6.45, 7) is 5.11. The van der Waals surface area contributed by atoms with Crippen LogP contribution in [0, 0.1) is 30.0 Å². The van der Waals surface area contributed by atoms with E-state index in [1.807, 2.05) is 0 Å². The molecule has 2 aromatic carbocycles. The maximum Gasteiger partial charge on any atom is 0.416 e. The molecule has 48 heavy (non-hydrogen) atoms. The highest BCUT2D eigenvalue weighted by atomic mass is 32.1. The lowest BCUT2D eigenvalue weighted by atomic mass is 9.79. The van der Waals surface area contributed by atoms with Gasteiger partial charge in [0, 0.05) is 17.8 Å². The average molecular weight is 698 g/mol. The first-order valence-corrected chi connectivity index (χ1v) is 15.4. The Labute approximate surface area is 275 Å². The Kier molecular flexibility index (Phi) is 10.3. The van der Waals surface area contributed by atoms with Gasteiger partial charge in [-0.05, 0) is 74.7 Å². The van der Waals surface area contributed by atoms with Crippen LogP contribution in [0.1, 0.15) is 59.9 Å². The molecule has 0 saturated carbocycles. The molecule has 4 rings (SSSR count). The number of likely N-dealkylation sites (tertiary alicyclic amines) is 1. The molecule has 1 saturated heterocycles. The number of hydrogen-bond donors (Lipinski definition) is 1. The molecule has 7 nitrogen and oxygen atoms in total. The smallest absolute Gasteiger partial charge is 0.416 e. The molecule has 1 atom stereocenters. The number of carbonyl (C=O) groups is 3. The van der Waals surface area contributed by atoms with Gasteiger partial charge in [-0.2, -0.15) is 31.6 Å². The molecular formula is C33H30F7N3O4S. The van der Waals surface area contributed by atoms with Crippen molar-refractivity contribution in [2.24, 2.45) is 5.92 Å². The van der Waals surface area contributed by atoms with Crippen LogP contribution in [0.2, 0.25) is 0 Å². The van der Waals surface area contributed by atoms with Crippen molar-refractivity contribution in [3.05, 3.63) is 74.9 Å². The summed E-state index contributed by atoms with van der Waals surface area (Å²) in [7, 11) is 0. The van der Waals surface area contributed by atoms with Crippen LogP contribution >= 0.6 is 11.3 Å². The van der Waals surface area contributed by atoms with Gasteiger partial charge in [0.15, 0.2) is 5.78 Å². The van der Waals surface area contributed by atoms with Crippen LogP contribution < -0.4 is 5.32 Å². The van der Waals surface area contributed by atoms with Crippen molar-refractivity contribution in [3.8, 4) is 16.5 Å². The Bertz CT molecular complexity index is 1760. The molecule has 0 spiro atoms. The van der Waals surface area contributed by atoms with Crippen molar-refractivity contribution in [1.29, 1.82) is 5.26 Å². The summed E-state index contributed by atoms with van der Waals surface area (Å²) in [6, 6.07) is 6.92. The summed E-state index contributed by atoms with van der Waals surface area (Å²) in [4.78, 5) is 40.7. The zero-order valence-electron chi connectivity index (χ0n) is 26.2. The van der Waals surface area contributed by atoms with Gasteiger partial charge in [0.2, 0.25) is 5.91 Å². The number of rotatable bonds is 10. The number of nitriles is 1. The summed E-state index contributed by atoms with van der Waals surface area (Å²) >= 11 is 1.08. The van der Waals surface area contributed by atoms with Gasteiger partial charge in [0.25, 0.3) is 0 Å². The number of halogens is 7. The highest BCUT2D eigenvalue weighted by molar-refractivity contribution is 7.16. The molecule has 0 radical (unpaired) electrons. The number of esters is 1. The van der Waals surface area contributed by atoms with Crippen molar-refractivity contribution < 1.29 is 49.9 Å². The minimum Gasteiger partial charge on any atom is -0.466 e. The first-order chi connectivity index (χ1) is 22.3. The monoisotopic (exact) mass is 697 g/mol. The van der Waals surface area contributed by atoms with Gasteiger partial charge >= 0.3 is 18.3 Å². The first-order valence-electron chi connectivity index (χ1n) is 14.6. The Hall–Kier alpha value is -4.45. The van der Waals surface area contributed by atoms with Gasteiger partial charge in [-0.15, -0.1) is 11.3 Å². The van der Waals surface area contributed by atoms with E-state index >= 15 is 0 Å². The van der Waals surface area contributed by atoms with Crippen LogP contribution in [0.25, 0.3) is 10.4 Å². The third-order valence-electron chi connectivity index (χ3n) is 8.13. The maximum absolute atomic E-state index is 14.0. The number of hydrogen-bond acceptors (Lipinski definition) is 7. The Morgan fingerprint density at radius 2 is 1.65 bits per heavy atom. The Morgan fingerprint density at radius 3 is 2.19 bits per heavy atom. The molecule has 1 aromatic heterocycles. The van der Waals surface area contributed by atoms with Crippen LogP contribution in [-0.2, 0) is 43.4 Å². The third-order valence-corrected chi connectivity index (χ3v) is 9.33. The number of carbonyl (C=O) groups excluding carboxylic acids is 3. The molecule has 1 aliphatic rings. The van der Waals surface area contributed by atoms with E-state index in [0.29, 0.717) is 33.0 Å².